The van der Waals surface area contributed by atoms with Gasteiger partial charge in [-0.15, -0.1) is 0 Å². The summed E-state index contributed by atoms with van der Waals surface area (Å²) in [6.07, 6.45) is 6.02. The maximum atomic E-state index is 12.2. The quantitative estimate of drug-likeness (QED) is 0.774. The second-order valence-electron chi connectivity index (χ2n) is 5.55. The maximum Gasteiger partial charge on any atom is 0.283 e. The number of unbranched alkanes of at least 4 members (excludes halogenated alkanes) is 1. The van der Waals surface area contributed by atoms with Gasteiger partial charge < -0.3 is 5.32 Å². The summed E-state index contributed by atoms with van der Waals surface area (Å²) < 4.78 is 2.11. The van der Waals surface area contributed by atoms with Gasteiger partial charge in [0.2, 0.25) is 0 Å². The predicted molar refractivity (Wildman–Crippen MR) is 88.3 cm³/mol. The molecule has 4 nitrogen and oxygen atoms in total. The van der Waals surface area contributed by atoms with Crippen LogP contribution in [0, 0.1) is 5.92 Å². The highest BCUT2D eigenvalue weighted by Crippen LogP contribution is 2.20. The van der Waals surface area contributed by atoms with Crippen molar-refractivity contribution >= 4 is 21.6 Å². The van der Waals surface area contributed by atoms with Crippen molar-refractivity contribution in [3.8, 4) is 0 Å². The Morgan fingerprint density at radius 3 is 2.70 bits per heavy atom. The van der Waals surface area contributed by atoms with Crippen LogP contribution in [0.1, 0.15) is 53.4 Å². The van der Waals surface area contributed by atoms with Crippen LogP contribution in [0.2, 0.25) is 0 Å². The number of nitrogens with zero attached hydrogens (tertiary/aromatic N) is 2. The average Bonchev–Trinajstić information content (AvgIpc) is 2.43. The first-order valence-electron chi connectivity index (χ1n) is 7.51. The van der Waals surface area contributed by atoms with Crippen LogP contribution in [0.25, 0.3) is 0 Å². The molecule has 1 heterocycles. The molecule has 0 saturated heterocycles. The molecule has 0 saturated carbocycles. The average molecular weight is 344 g/mol. The van der Waals surface area contributed by atoms with Crippen molar-refractivity contribution in [3.63, 3.8) is 0 Å². The van der Waals surface area contributed by atoms with E-state index in [1.54, 1.807) is 6.20 Å². The van der Waals surface area contributed by atoms with E-state index >= 15 is 0 Å². The molecular formula is C15H26BrN3O. The first kappa shape index (κ1) is 17.2. The van der Waals surface area contributed by atoms with Gasteiger partial charge in [0, 0.05) is 12.6 Å². The predicted octanol–water partition coefficient (Wildman–Crippen LogP) is 4.04. The van der Waals surface area contributed by atoms with E-state index in [1.165, 1.54) is 11.1 Å². The zero-order chi connectivity index (χ0) is 15.1. The normalized spacial score (nSPS) is 14.1. The molecule has 1 aromatic rings. The molecule has 114 valence electrons. The number of nitrogens with one attached hydrogen (secondary N) is 1. The van der Waals surface area contributed by atoms with Crippen LogP contribution in [0.3, 0.4) is 0 Å². The van der Waals surface area contributed by atoms with E-state index in [4.69, 9.17) is 0 Å². The third kappa shape index (κ3) is 4.93. The largest absolute Gasteiger partial charge is 0.380 e. The molecule has 0 fully saturated rings. The van der Waals surface area contributed by atoms with E-state index in [2.05, 4.69) is 54.0 Å². The van der Waals surface area contributed by atoms with Crippen LogP contribution in [0.5, 0.6) is 0 Å². The van der Waals surface area contributed by atoms with E-state index in [0.717, 1.165) is 24.9 Å². The van der Waals surface area contributed by atoms with Crippen molar-refractivity contribution in [2.24, 2.45) is 5.92 Å². The molecule has 2 atom stereocenters. The van der Waals surface area contributed by atoms with Crippen molar-refractivity contribution in [2.75, 3.05) is 5.32 Å². The lowest BCUT2D eigenvalue weighted by molar-refractivity contribution is 0.483. The highest BCUT2D eigenvalue weighted by Gasteiger charge is 2.12. The molecule has 2 unspecified atom stereocenters. The SMILES string of the molecule is CCCCn1ncc(NC(C)CC(C)CC)c(Br)c1=O. The van der Waals surface area contributed by atoms with E-state index in [1.807, 2.05) is 0 Å². The Labute approximate surface area is 130 Å². The van der Waals surface area contributed by atoms with Crippen molar-refractivity contribution < 1.29 is 0 Å². The van der Waals surface area contributed by atoms with Crippen LogP contribution < -0.4 is 10.9 Å². The number of aryl methyl sites for hydroxylation is 1. The molecule has 0 bridgehead atoms. The van der Waals surface area contributed by atoms with Gasteiger partial charge in [0.15, 0.2) is 0 Å². The van der Waals surface area contributed by atoms with Crippen molar-refractivity contribution in [2.45, 2.75) is 66.0 Å². The molecular weight excluding hydrogens is 318 g/mol. The number of aromatic nitrogens is 2. The lowest BCUT2D eigenvalue weighted by Crippen LogP contribution is -2.26. The van der Waals surface area contributed by atoms with Gasteiger partial charge in [-0.25, -0.2) is 4.68 Å². The Morgan fingerprint density at radius 1 is 1.40 bits per heavy atom. The molecule has 0 spiro atoms. The fourth-order valence-corrected chi connectivity index (χ4v) is 2.55. The minimum Gasteiger partial charge on any atom is -0.380 e. The lowest BCUT2D eigenvalue weighted by atomic mass is 10.0. The van der Waals surface area contributed by atoms with Crippen molar-refractivity contribution in [1.29, 1.82) is 0 Å². The molecule has 5 heteroatoms. The van der Waals surface area contributed by atoms with Crippen LogP contribution in [0.15, 0.2) is 15.5 Å². The monoisotopic (exact) mass is 343 g/mol. The van der Waals surface area contributed by atoms with Crippen LogP contribution in [-0.4, -0.2) is 15.8 Å². The molecule has 0 aliphatic rings. The first-order chi connectivity index (χ1) is 9.49. The van der Waals surface area contributed by atoms with Gasteiger partial charge in [0.1, 0.15) is 4.47 Å². The van der Waals surface area contributed by atoms with E-state index in [-0.39, 0.29) is 5.56 Å². The summed E-state index contributed by atoms with van der Waals surface area (Å²) in [4.78, 5) is 12.2. The Hall–Kier alpha value is -0.840. The van der Waals surface area contributed by atoms with Gasteiger partial charge in [-0.05, 0) is 41.6 Å². The third-order valence-electron chi connectivity index (χ3n) is 3.56. The van der Waals surface area contributed by atoms with Gasteiger partial charge in [-0.3, -0.25) is 4.79 Å². The van der Waals surface area contributed by atoms with Crippen molar-refractivity contribution in [3.05, 3.63) is 21.0 Å². The number of halogens is 1. The third-order valence-corrected chi connectivity index (χ3v) is 4.33. The van der Waals surface area contributed by atoms with Gasteiger partial charge in [0.05, 0.1) is 11.9 Å². The van der Waals surface area contributed by atoms with Gasteiger partial charge in [-0.1, -0.05) is 33.6 Å². The highest BCUT2D eigenvalue weighted by atomic mass is 79.9. The Balaban J connectivity index is 2.77. The highest BCUT2D eigenvalue weighted by molar-refractivity contribution is 9.10. The Kier molecular flexibility index (Phi) is 7.27. The molecule has 0 radical (unpaired) electrons. The van der Waals surface area contributed by atoms with Gasteiger partial charge in [-0.2, -0.15) is 5.10 Å². The summed E-state index contributed by atoms with van der Waals surface area (Å²) in [6.45, 7) is 9.36. The zero-order valence-electron chi connectivity index (χ0n) is 12.9. The molecule has 0 aliphatic carbocycles. The zero-order valence-corrected chi connectivity index (χ0v) is 14.5. The fourth-order valence-electron chi connectivity index (χ4n) is 2.13. The Morgan fingerprint density at radius 2 is 2.10 bits per heavy atom. The molecule has 1 N–H and O–H groups in total. The van der Waals surface area contributed by atoms with E-state index < -0.39 is 0 Å². The standard InChI is InChI=1S/C15H26BrN3O/c1-5-7-8-19-15(20)14(16)13(10-17-19)18-12(4)9-11(3)6-2/h10-12,18H,5-9H2,1-4H3. The van der Waals surface area contributed by atoms with E-state index in [9.17, 15) is 4.79 Å². The second-order valence-corrected chi connectivity index (χ2v) is 6.34. The molecule has 0 aliphatic heterocycles. The van der Waals surface area contributed by atoms with Crippen molar-refractivity contribution in [1.82, 2.24) is 9.78 Å². The first-order valence-corrected chi connectivity index (χ1v) is 8.31. The fraction of sp³-hybridized carbons (Fsp3) is 0.733. The van der Waals surface area contributed by atoms with Crippen LogP contribution in [0.4, 0.5) is 5.69 Å². The minimum atomic E-state index is -0.0563. The summed E-state index contributed by atoms with van der Waals surface area (Å²) >= 11 is 3.40. The molecule has 1 aromatic heterocycles. The summed E-state index contributed by atoms with van der Waals surface area (Å²) in [5.74, 6) is 0.675. The topological polar surface area (TPSA) is 46.9 Å². The van der Waals surface area contributed by atoms with Crippen LogP contribution in [-0.2, 0) is 6.54 Å². The number of hydrogen-bond acceptors (Lipinski definition) is 3. The Bertz CT molecular complexity index is 473. The van der Waals surface area contributed by atoms with Crippen LogP contribution >= 0.6 is 15.9 Å². The summed E-state index contributed by atoms with van der Waals surface area (Å²) in [7, 11) is 0. The summed E-state index contributed by atoms with van der Waals surface area (Å²) in [5, 5.41) is 7.62. The van der Waals surface area contributed by atoms with Gasteiger partial charge in [0.25, 0.3) is 5.56 Å². The second kappa shape index (κ2) is 8.45. The van der Waals surface area contributed by atoms with Gasteiger partial charge >= 0.3 is 0 Å². The lowest BCUT2D eigenvalue weighted by Gasteiger charge is -2.19. The molecule has 1 rings (SSSR count). The summed E-state index contributed by atoms with van der Waals surface area (Å²) in [5.41, 5.74) is 0.734. The minimum absolute atomic E-state index is 0.0563. The number of hydrogen-bond donors (Lipinski definition) is 1. The summed E-state index contributed by atoms with van der Waals surface area (Å²) in [6, 6.07) is 0.328. The molecule has 0 amide bonds. The number of rotatable bonds is 8. The molecule has 20 heavy (non-hydrogen) atoms. The number of anilines is 1. The van der Waals surface area contributed by atoms with E-state index in [0.29, 0.717) is 23.0 Å². The maximum absolute atomic E-state index is 12.2. The smallest absolute Gasteiger partial charge is 0.283 e. The molecule has 0 aromatic carbocycles.